The van der Waals surface area contributed by atoms with E-state index in [1.165, 1.54) is 12.1 Å². The van der Waals surface area contributed by atoms with E-state index in [1.54, 1.807) is 48.5 Å². The molecule has 1 atom stereocenters. The molecule has 1 aromatic heterocycles. The molecule has 0 spiro atoms. The summed E-state index contributed by atoms with van der Waals surface area (Å²) in [4.78, 5) is 18.2. The summed E-state index contributed by atoms with van der Waals surface area (Å²) in [7, 11) is -3.66. The van der Waals surface area contributed by atoms with Crippen LogP contribution in [0, 0.1) is 0 Å². The summed E-state index contributed by atoms with van der Waals surface area (Å²) in [5.74, 6) is 0.318. The third-order valence-corrected chi connectivity index (χ3v) is 5.72. The number of nitrogens with one attached hydrogen (secondary N) is 1. The van der Waals surface area contributed by atoms with Gasteiger partial charge >= 0.3 is 0 Å². The minimum atomic E-state index is -3.66. The van der Waals surface area contributed by atoms with Crippen LogP contribution in [0.4, 0.5) is 0 Å². The molecule has 28 heavy (non-hydrogen) atoms. The number of hydrogen-bond donors (Lipinski definition) is 1. The Hall–Kier alpha value is -2.49. The number of sulfonamides is 1. The Bertz CT molecular complexity index is 882. The Morgan fingerprint density at radius 2 is 1.96 bits per heavy atom. The van der Waals surface area contributed by atoms with E-state index in [1.807, 2.05) is 0 Å². The van der Waals surface area contributed by atoms with Gasteiger partial charge in [-0.2, -0.15) is 0 Å². The lowest BCUT2D eigenvalue weighted by Crippen LogP contribution is -2.46. The second-order valence-electron chi connectivity index (χ2n) is 6.35. The molecular weight excluding hydrogens is 382 g/mol. The molecule has 0 bridgehead atoms. The zero-order valence-corrected chi connectivity index (χ0v) is 16.4. The molecular formula is C19H23N3O5S. The number of aromatic nitrogens is 1. The summed E-state index contributed by atoms with van der Waals surface area (Å²) in [6.45, 7) is 3.98. The fraction of sp³-hybridized carbons (Fsp3) is 0.368. The van der Waals surface area contributed by atoms with Gasteiger partial charge in [-0.05, 0) is 42.8 Å². The highest BCUT2D eigenvalue weighted by Crippen LogP contribution is 2.18. The van der Waals surface area contributed by atoms with E-state index in [-0.39, 0.29) is 17.3 Å². The first-order valence-corrected chi connectivity index (χ1v) is 10.5. The lowest BCUT2D eigenvalue weighted by atomic mass is 10.3. The van der Waals surface area contributed by atoms with Crippen molar-refractivity contribution in [2.24, 2.45) is 0 Å². The maximum Gasteiger partial charge on any atom is 0.263 e. The van der Waals surface area contributed by atoms with E-state index in [9.17, 15) is 13.2 Å². The van der Waals surface area contributed by atoms with Crippen LogP contribution in [0.2, 0.25) is 0 Å². The summed E-state index contributed by atoms with van der Waals surface area (Å²) in [5.41, 5.74) is 0.765. The second kappa shape index (κ2) is 9.13. The van der Waals surface area contributed by atoms with E-state index in [0.29, 0.717) is 32.1 Å². The van der Waals surface area contributed by atoms with Gasteiger partial charge < -0.3 is 14.4 Å². The first-order valence-electron chi connectivity index (χ1n) is 8.97. The molecule has 9 heteroatoms. The van der Waals surface area contributed by atoms with Gasteiger partial charge in [-0.25, -0.2) is 13.1 Å². The molecule has 2 aromatic rings. The van der Waals surface area contributed by atoms with Crippen LogP contribution in [0.3, 0.4) is 0 Å². The van der Waals surface area contributed by atoms with Crippen LogP contribution in [-0.4, -0.2) is 56.6 Å². The van der Waals surface area contributed by atoms with Gasteiger partial charge in [0, 0.05) is 32.0 Å². The van der Waals surface area contributed by atoms with Crippen molar-refractivity contribution in [3.8, 4) is 5.75 Å². The molecule has 1 aliphatic rings. The summed E-state index contributed by atoms with van der Waals surface area (Å²) in [5, 5.41) is 0. The van der Waals surface area contributed by atoms with E-state index in [0.717, 1.165) is 5.56 Å². The third-order valence-electron chi connectivity index (χ3n) is 4.31. The number of nitrogens with zero attached hydrogens (tertiary/aromatic N) is 2. The number of amides is 1. The molecule has 0 radical (unpaired) electrons. The Morgan fingerprint density at radius 3 is 2.61 bits per heavy atom. The zero-order valence-electron chi connectivity index (χ0n) is 15.6. The first kappa shape index (κ1) is 20.2. The highest BCUT2D eigenvalue weighted by Gasteiger charge is 2.24. The lowest BCUT2D eigenvalue weighted by Gasteiger charge is -2.29. The lowest BCUT2D eigenvalue weighted by molar-refractivity contribution is -0.142. The molecule has 0 aliphatic carbocycles. The largest absolute Gasteiger partial charge is 0.481 e. The molecule has 1 saturated heterocycles. The van der Waals surface area contributed by atoms with E-state index >= 15 is 0 Å². The van der Waals surface area contributed by atoms with Gasteiger partial charge in [0.1, 0.15) is 5.75 Å². The van der Waals surface area contributed by atoms with Crippen LogP contribution in [-0.2, 0) is 26.1 Å². The highest BCUT2D eigenvalue weighted by molar-refractivity contribution is 7.89. The minimum absolute atomic E-state index is 0.113. The van der Waals surface area contributed by atoms with E-state index in [4.69, 9.17) is 9.47 Å². The maximum atomic E-state index is 12.4. The quantitative estimate of drug-likeness (QED) is 0.743. The normalized spacial score (nSPS) is 15.8. The summed E-state index contributed by atoms with van der Waals surface area (Å²) in [6, 6.07) is 9.53. The second-order valence-corrected chi connectivity index (χ2v) is 8.12. The maximum absolute atomic E-state index is 12.4. The van der Waals surface area contributed by atoms with Crippen molar-refractivity contribution in [3.63, 3.8) is 0 Å². The molecule has 3 rings (SSSR count). The highest BCUT2D eigenvalue weighted by atomic mass is 32.2. The molecule has 150 valence electrons. The van der Waals surface area contributed by atoms with Crippen LogP contribution in [0.5, 0.6) is 5.75 Å². The van der Waals surface area contributed by atoms with E-state index < -0.39 is 16.1 Å². The van der Waals surface area contributed by atoms with Gasteiger partial charge in [-0.3, -0.25) is 9.78 Å². The fourth-order valence-corrected chi connectivity index (χ4v) is 3.77. The smallest absolute Gasteiger partial charge is 0.263 e. The third kappa shape index (κ3) is 5.28. The molecule has 1 fully saturated rings. The average Bonchev–Trinajstić information content (AvgIpc) is 2.73. The minimum Gasteiger partial charge on any atom is -0.481 e. The van der Waals surface area contributed by atoms with E-state index in [2.05, 4.69) is 9.71 Å². The SMILES string of the molecule is CC(Oc1ccc(S(=O)(=O)NCc2cccnc2)cc1)C(=O)N1CCOCC1. The number of carbonyl (C=O) groups excluding carboxylic acids is 1. The van der Waals surface area contributed by atoms with Crippen LogP contribution >= 0.6 is 0 Å². The number of ether oxygens (including phenoxy) is 2. The molecule has 8 nitrogen and oxygen atoms in total. The van der Waals surface area contributed by atoms with Crippen molar-refractivity contribution in [2.75, 3.05) is 26.3 Å². The summed E-state index contributed by atoms with van der Waals surface area (Å²) in [6.07, 6.45) is 2.57. The molecule has 1 N–H and O–H groups in total. The predicted molar refractivity (Wildman–Crippen MR) is 102 cm³/mol. The van der Waals surface area contributed by atoms with Gasteiger partial charge in [0.2, 0.25) is 10.0 Å². The predicted octanol–water partition coefficient (Wildman–Crippen LogP) is 1.19. The Labute approximate surface area is 164 Å². The van der Waals surface area contributed by atoms with Crippen molar-refractivity contribution >= 4 is 15.9 Å². The van der Waals surface area contributed by atoms with Crippen molar-refractivity contribution < 1.29 is 22.7 Å². The topological polar surface area (TPSA) is 97.8 Å². The summed E-state index contributed by atoms with van der Waals surface area (Å²) >= 11 is 0. The molecule has 0 saturated carbocycles. The molecule has 1 aliphatic heterocycles. The molecule has 1 unspecified atom stereocenters. The van der Waals surface area contributed by atoms with Crippen molar-refractivity contribution in [1.82, 2.24) is 14.6 Å². The van der Waals surface area contributed by atoms with Gasteiger partial charge in [0.15, 0.2) is 6.10 Å². The summed E-state index contributed by atoms with van der Waals surface area (Å²) < 4.78 is 38.3. The Morgan fingerprint density at radius 1 is 1.25 bits per heavy atom. The monoisotopic (exact) mass is 405 g/mol. The van der Waals surface area contributed by atoms with Crippen LogP contribution in [0.15, 0.2) is 53.7 Å². The fourth-order valence-electron chi connectivity index (χ4n) is 2.76. The molecule has 1 amide bonds. The van der Waals surface area contributed by atoms with Crippen LogP contribution in [0.25, 0.3) is 0 Å². The number of rotatable bonds is 7. The standard InChI is InChI=1S/C19H23N3O5S/c1-15(19(23)22-9-11-26-12-10-22)27-17-4-6-18(7-5-17)28(24,25)21-14-16-3-2-8-20-13-16/h2-8,13,15,21H,9-12,14H2,1H3. The number of hydrogen-bond acceptors (Lipinski definition) is 6. The molecule has 1 aromatic carbocycles. The zero-order chi connectivity index (χ0) is 20.0. The molecule has 2 heterocycles. The van der Waals surface area contributed by atoms with Crippen molar-refractivity contribution in [3.05, 3.63) is 54.4 Å². The van der Waals surface area contributed by atoms with Crippen LogP contribution in [0.1, 0.15) is 12.5 Å². The van der Waals surface area contributed by atoms with Crippen LogP contribution < -0.4 is 9.46 Å². The average molecular weight is 405 g/mol. The van der Waals surface area contributed by atoms with Gasteiger partial charge in [0.25, 0.3) is 5.91 Å². The van der Waals surface area contributed by atoms with Crippen molar-refractivity contribution in [1.29, 1.82) is 0 Å². The Balaban J connectivity index is 1.58. The number of benzene rings is 1. The number of pyridine rings is 1. The number of carbonyl (C=O) groups is 1. The van der Waals surface area contributed by atoms with Gasteiger partial charge in [0.05, 0.1) is 18.1 Å². The van der Waals surface area contributed by atoms with Gasteiger partial charge in [-0.1, -0.05) is 6.07 Å². The van der Waals surface area contributed by atoms with Crippen molar-refractivity contribution in [2.45, 2.75) is 24.5 Å². The van der Waals surface area contributed by atoms with Gasteiger partial charge in [-0.15, -0.1) is 0 Å². The Kier molecular flexibility index (Phi) is 6.61. The first-order chi connectivity index (χ1) is 13.5. The number of morpholine rings is 1.